The lowest BCUT2D eigenvalue weighted by molar-refractivity contribution is -0.148. The number of carbonyl (C=O) groups excluding carboxylic acids is 3. The molecule has 0 radical (unpaired) electrons. The van der Waals surface area contributed by atoms with Crippen molar-refractivity contribution in [3.8, 4) is 5.75 Å². The van der Waals surface area contributed by atoms with Crippen LogP contribution in [0.25, 0.3) is 0 Å². The first-order valence-corrected chi connectivity index (χ1v) is 10.2. The van der Waals surface area contributed by atoms with Crippen molar-refractivity contribution >= 4 is 17.8 Å². The predicted molar refractivity (Wildman–Crippen MR) is 110 cm³/mol. The number of nitrogens with zero attached hydrogens (tertiary/aromatic N) is 1. The van der Waals surface area contributed by atoms with Crippen molar-refractivity contribution in [2.24, 2.45) is 11.8 Å². The number of benzene rings is 1. The fraction of sp³-hybridized carbons (Fsp3) is 0.591. The summed E-state index contributed by atoms with van der Waals surface area (Å²) in [5.74, 6) is 0.438. The Hall–Kier alpha value is -2.57. The summed E-state index contributed by atoms with van der Waals surface area (Å²) in [6.45, 7) is 9.83. The van der Waals surface area contributed by atoms with Crippen LogP contribution in [0.15, 0.2) is 24.3 Å². The molecule has 1 N–H and O–H groups in total. The van der Waals surface area contributed by atoms with E-state index >= 15 is 0 Å². The number of esters is 1. The highest BCUT2D eigenvalue weighted by Crippen LogP contribution is 2.18. The Kier molecular flexibility index (Phi) is 8.49. The molecule has 1 aliphatic heterocycles. The van der Waals surface area contributed by atoms with E-state index in [9.17, 15) is 14.4 Å². The number of rotatable bonds is 9. The highest BCUT2D eigenvalue weighted by Gasteiger charge is 2.35. The van der Waals surface area contributed by atoms with Gasteiger partial charge in [-0.3, -0.25) is 14.4 Å². The third-order valence-corrected chi connectivity index (χ3v) is 4.59. The lowest BCUT2D eigenvalue weighted by atomic mass is 10.1. The molecule has 2 rings (SSSR count). The second-order valence-electron chi connectivity index (χ2n) is 8.14. The second kappa shape index (κ2) is 10.8. The molecule has 1 aliphatic rings. The molecule has 1 fully saturated rings. The number of piperazine rings is 1. The van der Waals surface area contributed by atoms with E-state index in [0.29, 0.717) is 49.5 Å². The van der Waals surface area contributed by atoms with Crippen LogP contribution in [0.3, 0.4) is 0 Å². The van der Waals surface area contributed by atoms with Gasteiger partial charge in [0.2, 0.25) is 5.91 Å². The summed E-state index contributed by atoms with van der Waals surface area (Å²) in [6.07, 6.45) is 0.613. The zero-order valence-electron chi connectivity index (χ0n) is 17.8. The molecule has 7 nitrogen and oxygen atoms in total. The maximum atomic E-state index is 13.0. The first-order valence-electron chi connectivity index (χ1n) is 10.2. The molecule has 1 aromatic rings. The van der Waals surface area contributed by atoms with Gasteiger partial charge < -0.3 is 19.7 Å². The molecule has 1 aromatic carbocycles. The number of ether oxygens (including phenoxy) is 2. The van der Waals surface area contributed by atoms with Crippen molar-refractivity contribution in [3.63, 3.8) is 0 Å². The Morgan fingerprint density at radius 1 is 1.14 bits per heavy atom. The van der Waals surface area contributed by atoms with Gasteiger partial charge in [0.15, 0.2) is 0 Å². The fourth-order valence-corrected chi connectivity index (χ4v) is 2.91. The minimum Gasteiger partial charge on any atom is -0.493 e. The first kappa shape index (κ1) is 22.7. The molecule has 0 bridgehead atoms. The maximum Gasteiger partial charge on any atom is 0.308 e. The monoisotopic (exact) mass is 404 g/mol. The van der Waals surface area contributed by atoms with Crippen LogP contribution < -0.4 is 10.1 Å². The molecule has 1 unspecified atom stereocenters. The third kappa shape index (κ3) is 7.07. The molecular weight excluding hydrogens is 372 g/mol. The number of nitrogens with one attached hydrogen (secondary N) is 1. The molecule has 7 heteroatoms. The molecule has 0 saturated carbocycles. The highest BCUT2D eigenvalue weighted by atomic mass is 16.5. The summed E-state index contributed by atoms with van der Waals surface area (Å²) < 4.78 is 10.9. The summed E-state index contributed by atoms with van der Waals surface area (Å²) in [7, 11) is 0. The number of carbonyl (C=O) groups is 3. The van der Waals surface area contributed by atoms with Gasteiger partial charge in [0.1, 0.15) is 11.8 Å². The van der Waals surface area contributed by atoms with Gasteiger partial charge in [-0.25, -0.2) is 0 Å². The Morgan fingerprint density at radius 3 is 2.45 bits per heavy atom. The zero-order chi connectivity index (χ0) is 21.4. The van der Waals surface area contributed by atoms with Crippen molar-refractivity contribution in [1.29, 1.82) is 0 Å². The van der Waals surface area contributed by atoms with Crippen molar-refractivity contribution in [3.05, 3.63) is 29.8 Å². The van der Waals surface area contributed by atoms with Crippen molar-refractivity contribution < 1.29 is 23.9 Å². The Labute approximate surface area is 172 Å². The summed E-state index contributed by atoms with van der Waals surface area (Å²) >= 11 is 0. The van der Waals surface area contributed by atoms with E-state index in [1.54, 1.807) is 24.3 Å². The second-order valence-corrected chi connectivity index (χ2v) is 8.14. The van der Waals surface area contributed by atoms with Gasteiger partial charge >= 0.3 is 5.97 Å². The van der Waals surface area contributed by atoms with Gasteiger partial charge in [-0.15, -0.1) is 0 Å². The molecule has 1 heterocycles. The molecular formula is C22H32N2O5. The van der Waals surface area contributed by atoms with Crippen LogP contribution in [-0.4, -0.2) is 55.0 Å². The smallest absolute Gasteiger partial charge is 0.308 e. The third-order valence-electron chi connectivity index (χ3n) is 4.59. The van der Waals surface area contributed by atoms with E-state index in [1.165, 1.54) is 4.90 Å². The minimum absolute atomic E-state index is 0.148. The van der Waals surface area contributed by atoms with Crippen molar-refractivity contribution in [2.75, 3.05) is 26.3 Å². The van der Waals surface area contributed by atoms with Gasteiger partial charge in [0, 0.05) is 18.7 Å². The SMILES string of the molecule is CC(C)CCOC(=O)CC1C(=O)NCCN1C(=O)c1ccc(OCC(C)C)cc1. The van der Waals surface area contributed by atoms with Crippen LogP contribution in [0.1, 0.15) is 50.9 Å². The van der Waals surface area contributed by atoms with Crippen LogP contribution >= 0.6 is 0 Å². The summed E-state index contributed by atoms with van der Waals surface area (Å²) in [5, 5.41) is 2.72. The molecule has 0 spiro atoms. The van der Waals surface area contributed by atoms with Gasteiger partial charge in [0.25, 0.3) is 5.91 Å². The molecule has 1 atom stereocenters. The van der Waals surface area contributed by atoms with Gasteiger partial charge in [-0.1, -0.05) is 27.7 Å². The quantitative estimate of drug-likeness (QED) is 0.640. The van der Waals surface area contributed by atoms with Crippen molar-refractivity contribution in [1.82, 2.24) is 10.2 Å². The largest absolute Gasteiger partial charge is 0.493 e. The first-order chi connectivity index (χ1) is 13.8. The maximum absolute atomic E-state index is 13.0. The molecule has 0 aliphatic carbocycles. The highest BCUT2D eigenvalue weighted by molar-refractivity contribution is 5.99. The fourth-order valence-electron chi connectivity index (χ4n) is 2.91. The van der Waals surface area contributed by atoms with E-state index in [2.05, 4.69) is 19.2 Å². The Bertz CT molecular complexity index is 700. The van der Waals surface area contributed by atoms with Crippen LogP contribution in [0.5, 0.6) is 5.75 Å². The van der Waals surface area contributed by atoms with Crippen LogP contribution in [0.4, 0.5) is 0 Å². The van der Waals surface area contributed by atoms with Crippen LogP contribution in [0, 0.1) is 11.8 Å². The van der Waals surface area contributed by atoms with E-state index in [-0.39, 0.29) is 18.2 Å². The number of hydrogen-bond acceptors (Lipinski definition) is 5. The standard InChI is InChI=1S/C22H32N2O5/c1-15(2)9-12-28-20(25)13-19-21(26)23-10-11-24(19)22(27)17-5-7-18(8-6-17)29-14-16(3)4/h5-8,15-16,19H,9-14H2,1-4H3,(H,23,26). The van der Waals surface area contributed by atoms with E-state index < -0.39 is 12.0 Å². The Balaban J connectivity index is 2.02. The van der Waals surface area contributed by atoms with Crippen LogP contribution in [-0.2, 0) is 14.3 Å². The number of hydrogen-bond donors (Lipinski definition) is 1. The molecule has 2 amide bonds. The molecule has 160 valence electrons. The topological polar surface area (TPSA) is 84.9 Å². The lowest BCUT2D eigenvalue weighted by Crippen LogP contribution is -2.57. The van der Waals surface area contributed by atoms with Gasteiger partial charge in [0.05, 0.1) is 19.6 Å². The van der Waals surface area contributed by atoms with Gasteiger partial charge in [-0.2, -0.15) is 0 Å². The van der Waals surface area contributed by atoms with E-state index in [0.717, 1.165) is 6.42 Å². The molecule has 1 saturated heterocycles. The predicted octanol–water partition coefficient (Wildman–Crippen LogP) is 2.64. The Morgan fingerprint density at radius 2 is 1.83 bits per heavy atom. The zero-order valence-corrected chi connectivity index (χ0v) is 17.8. The number of amides is 2. The van der Waals surface area contributed by atoms with Crippen molar-refractivity contribution in [2.45, 2.75) is 46.6 Å². The normalized spacial score (nSPS) is 16.7. The van der Waals surface area contributed by atoms with Crippen LogP contribution in [0.2, 0.25) is 0 Å². The average Bonchev–Trinajstić information content (AvgIpc) is 2.67. The minimum atomic E-state index is -0.861. The summed E-state index contributed by atoms with van der Waals surface area (Å²) in [6, 6.07) is 5.99. The van der Waals surface area contributed by atoms with E-state index in [4.69, 9.17) is 9.47 Å². The summed E-state index contributed by atoms with van der Waals surface area (Å²) in [4.78, 5) is 38.9. The summed E-state index contributed by atoms with van der Waals surface area (Å²) in [5.41, 5.74) is 0.453. The lowest BCUT2D eigenvalue weighted by Gasteiger charge is -2.34. The molecule has 0 aromatic heterocycles. The average molecular weight is 405 g/mol. The molecule has 29 heavy (non-hydrogen) atoms. The van der Waals surface area contributed by atoms with Gasteiger partial charge in [-0.05, 0) is 42.5 Å². The van der Waals surface area contributed by atoms with E-state index in [1.807, 2.05) is 13.8 Å².